The lowest BCUT2D eigenvalue weighted by atomic mass is 10.1. The molecule has 2 aromatic rings. The van der Waals surface area contributed by atoms with Gasteiger partial charge in [0.2, 0.25) is 0 Å². The predicted molar refractivity (Wildman–Crippen MR) is 64.0 cm³/mol. The van der Waals surface area contributed by atoms with Crippen molar-refractivity contribution in [2.45, 2.75) is 6.04 Å². The molecule has 2 rings (SSSR count). The molecule has 0 unspecified atom stereocenters. The summed E-state index contributed by atoms with van der Waals surface area (Å²) in [6.45, 7) is 0. The maximum atomic E-state index is 13.4. The van der Waals surface area contributed by atoms with Crippen molar-refractivity contribution in [3.05, 3.63) is 58.0 Å². The van der Waals surface area contributed by atoms with Gasteiger partial charge in [0, 0.05) is 10.4 Å². The van der Waals surface area contributed by atoms with Gasteiger partial charge in [0.1, 0.15) is 5.82 Å². The molecule has 2 N–H and O–H groups in total. The lowest BCUT2D eigenvalue weighted by Gasteiger charge is -2.10. The van der Waals surface area contributed by atoms with Crippen LogP contribution in [0.5, 0.6) is 0 Å². The van der Waals surface area contributed by atoms with E-state index in [1.807, 2.05) is 17.5 Å². The van der Waals surface area contributed by atoms with Crippen LogP contribution in [0.3, 0.4) is 0 Å². The van der Waals surface area contributed by atoms with Crippen LogP contribution in [0.1, 0.15) is 16.5 Å². The average molecular weight is 244 g/mol. The molecular weight excluding hydrogens is 233 g/mol. The standard InChI is InChI=1S/C11H10FNS.ClH/c12-9-5-2-1-4-8(9)11(13)10-6-3-7-14-10;/h1-7,11H,13H2;1H/t11-;/m0./s1. The molecule has 1 heterocycles. The Morgan fingerprint density at radius 1 is 1.13 bits per heavy atom. The third-order valence-corrected chi connectivity index (χ3v) is 3.05. The first kappa shape index (κ1) is 12.2. The summed E-state index contributed by atoms with van der Waals surface area (Å²) in [5, 5.41) is 1.94. The minimum absolute atomic E-state index is 0. The molecule has 4 heteroatoms. The van der Waals surface area contributed by atoms with Gasteiger partial charge in [-0.1, -0.05) is 24.3 Å². The van der Waals surface area contributed by atoms with Gasteiger partial charge in [-0.05, 0) is 17.5 Å². The lowest BCUT2D eigenvalue weighted by molar-refractivity contribution is 0.601. The Kier molecular flexibility index (Phi) is 4.27. The number of hydrogen-bond donors (Lipinski definition) is 1. The van der Waals surface area contributed by atoms with Gasteiger partial charge in [-0.15, -0.1) is 23.7 Å². The largest absolute Gasteiger partial charge is 0.320 e. The molecule has 0 spiro atoms. The number of hydrogen-bond acceptors (Lipinski definition) is 2. The number of halogens is 2. The highest BCUT2D eigenvalue weighted by Gasteiger charge is 2.13. The van der Waals surface area contributed by atoms with E-state index < -0.39 is 0 Å². The van der Waals surface area contributed by atoms with Crippen molar-refractivity contribution in [3.8, 4) is 0 Å². The second kappa shape index (κ2) is 5.26. The Morgan fingerprint density at radius 2 is 1.87 bits per heavy atom. The van der Waals surface area contributed by atoms with Crippen molar-refractivity contribution < 1.29 is 4.39 Å². The number of thiophene rings is 1. The molecule has 1 aromatic heterocycles. The molecular formula is C11H11ClFNS. The summed E-state index contributed by atoms with van der Waals surface area (Å²) in [4.78, 5) is 0.982. The zero-order valence-electron chi connectivity index (χ0n) is 7.89. The number of rotatable bonds is 2. The topological polar surface area (TPSA) is 26.0 Å². The first-order valence-corrected chi connectivity index (χ1v) is 5.20. The fourth-order valence-electron chi connectivity index (χ4n) is 1.35. The van der Waals surface area contributed by atoms with Gasteiger partial charge in [0.05, 0.1) is 6.04 Å². The van der Waals surface area contributed by atoms with Gasteiger partial charge < -0.3 is 5.73 Å². The molecule has 0 saturated heterocycles. The van der Waals surface area contributed by atoms with Crippen LogP contribution in [0, 0.1) is 5.82 Å². The maximum absolute atomic E-state index is 13.4. The van der Waals surface area contributed by atoms with E-state index in [-0.39, 0.29) is 24.3 Å². The monoisotopic (exact) mass is 243 g/mol. The van der Waals surface area contributed by atoms with Gasteiger partial charge in [-0.2, -0.15) is 0 Å². The second-order valence-electron chi connectivity index (χ2n) is 3.01. The molecule has 0 bridgehead atoms. The SMILES string of the molecule is Cl.N[C@H](c1cccs1)c1ccccc1F. The maximum Gasteiger partial charge on any atom is 0.128 e. The molecule has 0 amide bonds. The second-order valence-corrected chi connectivity index (χ2v) is 3.99. The lowest BCUT2D eigenvalue weighted by Crippen LogP contribution is -2.11. The van der Waals surface area contributed by atoms with E-state index in [1.165, 1.54) is 6.07 Å². The summed E-state index contributed by atoms with van der Waals surface area (Å²) in [6.07, 6.45) is 0. The molecule has 1 atom stereocenters. The summed E-state index contributed by atoms with van der Waals surface area (Å²) >= 11 is 1.54. The molecule has 80 valence electrons. The smallest absolute Gasteiger partial charge is 0.128 e. The van der Waals surface area contributed by atoms with Crippen molar-refractivity contribution in [3.63, 3.8) is 0 Å². The van der Waals surface area contributed by atoms with Crippen LogP contribution in [-0.2, 0) is 0 Å². The van der Waals surface area contributed by atoms with Crippen LogP contribution in [0.15, 0.2) is 41.8 Å². The van der Waals surface area contributed by atoms with Crippen LogP contribution in [0.25, 0.3) is 0 Å². The van der Waals surface area contributed by atoms with E-state index in [0.29, 0.717) is 5.56 Å². The summed E-state index contributed by atoms with van der Waals surface area (Å²) < 4.78 is 13.4. The molecule has 1 aromatic carbocycles. The minimum atomic E-state index is -0.351. The fraction of sp³-hybridized carbons (Fsp3) is 0.0909. The van der Waals surface area contributed by atoms with E-state index in [0.717, 1.165) is 4.88 Å². The van der Waals surface area contributed by atoms with Gasteiger partial charge >= 0.3 is 0 Å². The summed E-state index contributed by atoms with van der Waals surface area (Å²) in [7, 11) is 0. The van der Waals surface area contributed by atoms with Crippen molar-refractivity contribution in [2.75, 3.05) is 0 Å². The minimum Gasteiger partial charge on any atom is -0.320 e. The van der Waals surface area contributed by atoms with Crippen LogP contribution < -0.4 is 5.73 Å². The number of benzene rings is 1. The third kappa shape index (κ3) is 2.56. The molecule has 0 fully saturated rings. The van der Waals surface area contributed by atoms with Crippen molar-refractivity contribution >= 4 is 23.7 Å². The van der Waals surface area contributed by atoms with E-state index >= 15 is 0 Å². The first-order valence-electron chi connectivity index (χ1n) is 4.32. The Morgan fingerprint density at radius 3 is 2.47 bits per heavy atom. The molecule has 0 aliphatic rings. The van der Waals surface area contributed by atoms with Crippen LogP contribution >= 0.6 is 23.7 Å². The Bertz CT molecular complexity index is 416. The Balaban J connectivity index is 0.00000112. The average Bonchev–Trinajstić information content (AvgIpc) is 2.70. The van der Waals surface area contributed by atoms with Gasteiger partial charge in [0.25, 0.3) is 0 Å². The van der Waals surface area contributed by atoms with Crippen LogP contribution in [-0.4, -0.2) is 0 Å². The molecule has 0 saturated carbocycles. The van der Waals surface area contributed by atoms with Crippen LogP contribution in [0.2, 0.25) is 0 Å². The van der Waals surface area contributed by atoms with Gasteiger partial charge in [0.15, 0.2) is 0 Å². The highest BCUT2D eigenvalue weighted by Crippen LogP contribution is 2.25. The molecule has 15 heavy (non-hydrogen) atoms. The van der Waals surface area contributed by atoms with E-state index in [4.69, 9.17) is 5.73 Å². The van der Waals surface area contributed by atoms with Crippen molar-refractivity contribution in [1.82, 2.24) is 0 Å². The normalized spacial score (nSPS) is 11.9. The molecule has 1 nitrogen and oxygen atoms in total. The summed E-state index contributed by atoms with van der Waals surface area (Å²) in [6, 6.07) is 10.1. The molecule has 0 radical (unpaired) electrons. The van der Waals surface area contributed by atoms with Crippen LogP contribution in [0.4, 0.5) is 4.39 Å². The van der Waals surface area contributed by atoms with E-state index in [9.17, 15) is 4.39 Å². The number of nitrogens with two attached hydrogens (primary N) is 1. The predicted octanol–water partition coefficient (Wildman–Crippen LogP) is 3.36. The molecule has 0 aliphatic heterocycles. The van der Waals surface area contributed by atoms with Crippen molar-refractivity contribution in [1.29, 1.82) is 0 Å². The first-order chi connectivity index (χ1) is 6.79. The highest BCUT2D eigenvalue weighted by molar-refractivity contribution is 7.10. The quantitative estimate of drug-likeness (QED) is 0.860. The van der Waals surface area contributed by atoms with Crippen molar-refractivity contribution in [2.24, 2.45) is 5.73 Å². The van der Waals surface area contributed by atoms with E-state index in [1.54, 1.807) is 29.5 Å². The summed E-state index contributed by atoms with van der Waals surface area (Å²) in [5.74, 6) is -0.242. The fourth-order valence-corrected chi connectivity index (χ4v) is 2.09. The van der Waals surface area contributed by atoms with E-state index in [2.05, 4.69) is 0 Å². The summed E-state index contributed by atoms with van der Waals surface area (Å²) in [5.41, 5.74) is 6.48. The van der Waals surface area contributed by atoms with Gasteiger partial charge in [-0.3, -0.25) is 0 Å². The van der Waals surface area contributed by atoms with Gasteiger partial charge in [-0.25, -0.2) is 4.39 Å². The Labute approximate surface area is 98.2 Å². The Hall–Kier alpha value is -0.900. The third-order valence-electron chi connectivity index (χ3n) is 2.09. The zero-order valence-corrected chi connectivity index (χ0v) is 9.52. The highest BCUT2D eigenvalue weighted by atomic mass is 35.5. The zero-order chi connectivity index (χ0) is 9.97. The molecule has 0 aliphatic carbocycles.